The van der Waals surface area contributed by atoms with Crippen LogP contribution in [-0.2, 0) is 19.6 Å². The predicted molar refractivity (Wildman–Crippen MR) is 50.8 cm³/mol. The Bertz CT molecular complexity index is 486. The minimum absolute atomic E-state index is 0.620. The molecule has 0 unspecified atom stereocenters. The maximum Gasteiger partial charge on any atom is 0.355 e. The summed E-state index contributed by atoms with van der Waals surface area (Å²) in [6.45, 7) is 0. The van der Waals surface area contributed by atoms with Gasteiger partial charge in [0.25, 0.3) is 15.9 Å². The van der Waals surface area contributed by atoms with E-state index in [4.69, 9.17) is 5.11 Å². The maximum atomic E-state index is 11.3. The molecule has 0 saturated carbocycles. The summed E-state index contributed by atoms with van der Waals surface area (Å²) < 4.78 is 25.5. The number of carboxylic acids is 1. The first-order valence-electron chi connectivity index (χ1n) is 3.77. The molecule has 0 aromatic heterocycles. The lowest BCUT2D eigenvalue weighted by molar-refractivity contribution is -0.129. The van der Waals surface area contributed by atoms with Gasteiger partial charge in [-0.1, -0.05) is 0 Å². The van der Waals surface area contributed by atoms with Gasteiger partial charge < -0.3 is 10.0 Å². The Labute approximate surface area is 85.8 Å². The quantitative estimate of drug-likeness (QED) is 0.645. The monoisotopic (exact) mass is 232 g/mol. The van der Waals surface area contributed by atoms with Gasteiger partial charge in [0.2, 0.25) is 0 Å². The molecule has 8 heteroatoms. The minimum Gasteiger partial charge on any atom is -0.476 e. The van der Waals surface area contributed by atoms with Crippen molar-refractivity contribution in [3.8, 4) is 0 Å². The van der Waals surface area contributed by atoms with Crippen molar-refractivity contribution in [2.75, 3.05) is 14.1 Å². The number of carbonyl (C=O) groups is 2. The highest BCUT2D eigenvalue weighted by Gasteiger charge is 2.33. The molecule has 0 aromatic rings. The molecule has 1 amide bonds. The van der Waals surface area contributed by atoms with E-state index in [0.29, 0.717) is 0 Å². The molecular formula is C7H8N2O5S. The molecule has 0 bridgehead atoms. The van der Waals surface area contributed by atoms with E-state index in [1.807, 2.05) is 0 Å². The van der Waals surface area contributed by atoms with E-state index < -0.39 is 32.5 Å². The summed E-state index contributed by atoms with van der Waals surface area (Å²) in [5, 5.41) is 8.52. The van der Waals surface area contributed by atoms with Gasteiger partial charge >= 0.3 is 5.97 Å². The Balaban J connectivity index is 3.21. The van der Waals surface area contributed by atoms with Crippen LogP contribution in [0.5, 0.6) is 0 Å². The van der Waals surface area contributed by atoms with E-state index in [2.05, 4.69) is 4.40 Å². The van der Waals surface area contributed by atoms with E-state index in [1.54, 1.807) is 0 Å². The summed E-state index contributed by atoms with van der Waals surface area (Å²) in [7, 11) is -1.43. The molecule has 0 aliphatic carbocycles. The van der Waals surface area contributed by atoms with Crippen molar-refractivity contribution in [1.29, 1.82) is 0 Å². The van der Waals surface area contributed by atoms with Crippen LogP contribution in [0, 0.1) is 0 Å². The fraction of sp³-hybridized carbons (Fsp3) is 0.286. The number of carboxylic acid groups (broad SMARTS) is 1. The fourth-order valence-electron chi connectivity index (χ4n) is 0.897. The fourth-order valence-corrected chi connectivity index (χ4v) is 2.05. The number of likely N-dealkylation sites (N-methyl/N-ethyl adjacent to an activating group) is 1. The molecule has 1 rings (SSSR count). The Hall–Kier alpha value is -1.70. The third kappa shape index (κ3) is 2.04. The normalized spacial score (nSPS) is 18.0. The molecule has 1 aliphatic heterocycles. The second-order valence-corrected chi connectivity index (χ2v) is 4.54. The molecule has 15 heavy (non-hydrogen) atoms. The van der Waals surface area contributed by atoms with Gasteiger partial charge in [0.15, 0.2) is 10.6 Å². The third-order valence-corrected chi connectivity index (χ3v) is 2.89. The molecule has 0 spiro atoms. The summed E-state index contributed by atoms with van der Waals surface area (Å²) >= 11 is 0. The molecule has 0 aromatic carbocycles. The third-order valence-electron chi connectivity index (χ3n) is 1.60. The van der Waals surface area contributed by atoms with Crippen LogP contribution < -0.4 is 0 Å². The number of nitrogens with zero attached hydrogens (tertiary/aromatic N) is 2. The molecular weight excluding hydrogens is 224 g/mol. The first-order chi connectivity index (χ1) is 6.75. The smallest absolute Gasteiger partial charge is 0.355 e. The van der Waals surface area contributed by atoms with Crippen LogP contribution >= 0.6 is 0 Å². The highest BCUT2D eigenvalue weighted by Crippen LogP contribution is 2.18. The Morgan fingerprint density at radius 2 is 1.93 bits per heavy atom. The van der Waals surface area contributed by atoms with Crippen molar-refractivity contribution in [1.82, 2.24) is 4.90 Å². The van der Waals surface area contributed by atoms with Crippen molar-refractivity contribution in [3.63, 3.8) is 0 Å². The second kappa shape index (κ2) is 3.46. The van der Waals surface area contributed by atoms with Crippen LogP contribution in [-0.4, -0.2) is 50.1 Å². The number of aliphatic carboxylic acids is 1. The number of hydrogen-bond acceptors (Lipinski definition) is 4. The highest BCUT2D eigenvalue weighted by atomic mass is 32.2. The average molecular weight is 232 g/mol. The largest absolute Gasteiger partial charge is 0.476 e. The van der Waals surface area contributed by atoms with Gasteiger partial charge in [-0.15, -0.1) is 0 Å². The minimum atomic E-state index is -4.15. The number of hydrogen-bond donors (Lipinski definition) is 1. The average Bonchev–Trinajstić information content (AvgIpc) is 2.40. The van der Waals surface area contributed by atoms with Crippen LogP contribution in [0.4, 0.5) is 0 Å². The van der Waals surface area contributed by atoms with Gasteiger partial charge in [0.05, 0.1) is 0 Å². The summed E-state index contributed by atoms with van der Waals surface area (Å²) in [4.78, 5) is 22.2. The first-order valence-corrected chi connectivity index (χ1v) is 5.21. The summed E-state index contributed by atoms with van der Waals surface area (Å²) in [5.41, 5.74) is -0.653. The zero-order valence-electron chi connectivity index (χ0n) is 7.96. The van der Waals surface area contributed by atoms with E-state index >= 15 is 0 Å². The van der Waals surface area contributed by atoms with Crippen LogP contribution in [0.1, 0.15) is 0 Å². The maximum absolute atomic E-state index is 11.3. The Morgan fingerprint density at radius 1 is 1.40 bits per heavy atom. The first kappa shape index (κ1) is 11.4. The van der Waals surface area contributed by atoms with Gasteiger partial charge in [-0.2, -0.15) is 12.8 Å². The summed E-state index contributed by atoms with van der Waals surface area (Å²) in [6, 6.07) is 0. The zero-order valence-corrected chi connectivity index (χ0v) is 8.78. The lowest BCUT2D eigenvalue weighted by atomic mass is 10.3. The SMILES string of the molecule is CN(C)C(=O)C1=CC(C(=O)O)=NS1(=O)=O. The van der Waals surface area contributed by atoms with Gasteiger partial charge in [0, 0.05) is 14.1 Å². The zero-order chi connectivity index (χ0) is 11.8. The van der Waals surface area contributed by atoms with Crippen molar-refractivity contribution in [3.05, 3.63) is 11.0 Å². The molecule has 1 N–H and O–H groups in total. The second-order valence-electron chi connectivity index (χ2n) is 2.96. The summed E-state index contributed by atoms with van der Waals surface area (Å²) in [5.74, 6) is -2.28. The van der Waals surface area contributed by atoms with Gasteiger partial charge in [-0.05, 0) is 6.08 Å². The number of amides is 1. The van der Waals surface area contributed by atoms with E-state index in [9.17, 15) is 18.0 Å². The topological polar surface area (TPSA) is 104 Å². The molecule has 1 aliphatic rings. The van der Waals surface area contributed by atoms with Crippen LogP contribution in [0.3, 0.4) is 0 Å². The van der Waals surface area contributed by atoms with E-state index in [1.165, 1.54) is 14.1 Å². The Morgan fingerprint density at radius 3 is 2.27 bits per heavy atom. The van der Waals surface area contributed by atoms with Crippen molar-refractivity contribution in [2.45, 2.75) is 0 Å². The molecule has 82 valence electrons. The van der Waals surface area contributed by atoms with Crippen molar-refractivity contribution >= 4 is 27.6 Å². The lowest BCUT2D eigenvalue weighted by Crippen LogP contribution is -2.25. The molecule has 0 saturated heterocycles. The van der Waals surface area contributed by atoms with Crippen molar-refractivity contribution in [2.24, 2.45) is 4.40 Å². The molecule has 0 atom stereocenters. The van der Waals surface area contributed by atoms with Crippen LogP contribution in [0.25, 0.3) is 0 Å². The molecule has 1 heterocycles. The number of rotatable bonds is 2. The van der Waals surface area contributed by atoms with Gasteiger partial charge in [-0.3, -0.25) is 4.79 Å². The van der Waals surface area contributed by atoms with E-state index in [-0.39, 0.29) is 0 Å². The molecule has 0 fully saturated rings. The van der Waals surface area contributed by atoms with Gasteiger partial charge in [-0.25, -0.2) is 4.79 Å². The van der Waals surface area contributed by atoms with Crippen LogP contribution in [0.2, 0.25) is 0 Å². The molecule has 7 nitrogen and oxygen atoms in total. The standard InChI is InChI=1S/C7H8N2O5S/c1-9(2)6(10)5-3-4(7(11)12)8-15(5,13)14/h3H,1-2H3,(H,11,12). The van der Waals surface area contributed by atoms with Crippen LogP contribution in [0.15, 0.2) is 15.4 Å². The Kier molecular flexibility index (Phi) is 2.63. The van der Waals surface area contributed by atoms with Gasteiger partial charge in [0.1, 0.15) is 0 Å². The highest BCUT2D eigenvalue weighted by molar-refractivity contribution is 7.95. The summed E-state index contributed by atoms with van der Waals surface area (Å²) in [6.07, 6.45) is 0.750. The molecule has 0 radical (unpaired) electrons. The van der Waals surface area contributed by atoms with Crippen molar-refractivity contribution < 1.29 is 23.1 Å². The number of sulfonamides is 1. The number of carbonyl (C=O) groups excluding carboxylic acids is 1. The van der Waals surface area contributed by atoms with E-state index in [0.717, 1.165) is 11.0 Å². The lowest BCUT2D eigenvalue weighted by Gasteiger charge is -2.08. The predicted octanol–water partition coefficient (Wildman–Crippen LogP) is -1.17.